The number of carbonyl (C=O) groups excluding carboxylic acids is 1. The minimum Gasteiger partial charge on any atom is -0.462 e. The molecule has 1 aromatic heterocycles. The first kappa shape index (κ1) is 18.8. The van der Waals surface area contributed by atoms with Crippen molar-refractivity contribution >= 4 is 12.0 Å². The summed E-state index contributed by atoms with van der Waals surface area (Å²) in [6, 6.07) is 7.80. The maximum atomic E-state index is 11.7. The van der Waals surface area contributed by atoms with Gasteiger partial charge in [0.15, 0.2) is 5.82 Å². The molecule has 132 valence electrons. The number of benzene rings is 1. The first-order valence-electron chi connectivity index (χ1n) is 8.88. The summed E-state index contributed by atoms with van der Waals surface area (Å²) >= 11 is 0. The highest BCUT2D eigenvalue weighted by molar-refractivity contribution is 5.87. The second-order valence-electron chi connectivity index (χ2n) is 6.26. The van der Waals surface area contributed by atoms with E-state index in [2.05, 4.69) is 30.7 Å². The van der Waals surface area contributed by atoms with E-state index in [0.717, 1.165) is 36.0 Å². The van der Waals surface area contributed by atoms with Crippen LogP contribution in [0.15, 0.2) is 42.7 Å². The van der Waals surface area contributed by atoms with E-state index >= 15 is 0 Å². The molecule has 0 aliphatic heterocycles. The van der Waals surface area contributed by atoms with E-state index in [1.807, 2.05) is 36.7 Å². The van der Waals surface area contributed by atoms with E-state index in [4.69, 9.17) is 4.74 Å². The molecule has 0 spiro atoms. The van der Waals surface area contributed by atoms with Crippen LogP contribution in [0.4, 0.5) is 0 Å². The Morgan fingerprint density at radius 3 is 2.44 bits per heavy atom. The second kappa shape index (κ2) is 9.72. The molecular formula is C21H26N2O2. The number of carbonyl (C=O) groups is 1. The standard InChI is InChI=1S/C21H26N2O2/c1-4-6-18-13-22-21(23-14-18)19-10-7-17(8-11-19)9-12-20(24)25-15-16(3)5-2/h7-14,16H,4-6,15H2,1-3H3/b12-9+/t16-/m1/s1. The van der Waals surface area contributed by atoms with Gasteiger partial charge in [-0.05, 0) is 29.5 Å². The van der Waals surface area contributed by atoms with Crippen LogP contribution < -0.4 is 0 Å². The fourth-order valence-electron chi connectivity index (χ4n) is 2.22. The lowest BCUT2D eigenvalue weighted by Crippen LogP contribution is -2.08. The van der Waals surface area contributed by atoms with Gasteiger partial charge < -0.3 is 4.74 Å². The quantitative estimate of drug-likeness (QED) is 0.517. The SMILES string of the molecule is CCCc1cnc(-c2ccc(/C=C/C(=O)OC[C@H](C)CC)cc2)nc1. The highest BCUT2D eigenvalue weighted by Gasteiger charge is 2.03. The molecule has 1 heterocycles. The molecule has 0 radical (unpaired) electrons. The Balaban J connectivity index is 1.95. The maximum absolute atomic E-state index is 11.7. The summed E-state index contributed by atoms with van der Waals surface area (Å²) in [5, 5.41) is 0. The van der Waals surface area contributed by atoms with Crippen LogP contribution in [0, 0.1) is 5.92 Å². The molecule has 0 amide bonds. The molecule has 4 heteroatoms. The van der Waals surface area contributed by atoms with Gasteiger partial charge >= 0.3 is 5.97 Å². The minimum absolute atomic E-state index is 0.306. The number of nitrogens with zero attached hydrogens (tertiary/aromatic N) is 2. The monoisotopic (exact) mass is 338 g/mol. The van der Waals surface area contributed by atoms with E-state index in [1.54, 1.807) is 6.08 Å². The predicted octanol–water partition coefficient (Wildman–Crippen LogP) is 4.70. The Kier molecular flexibility index (Phi) is 7.33. The zero-order valence-corrected chi connectivity index (χ0v) is 15.2. The summed E-state index contributed by atoms with van der Waals surface area (Å²) in [4.78, 5) is 20.5. The summed E-state index contributed by atoms with van der Waals surface area (Å²) in [5.41, 5.74) is 3.05. The van der Waals surface area contributed by atoms with Gasteiger partial charge in [-0.15, -0.1) is 0 Å². The molecule has 2 rings (SSSR count). The van der Waals surface area contributed by atoms with Crippen LogP contribution in [0.3, 0.4) is 0 Å². The lowest BCUT2D eigenvalue weighted by Gasteiger charge is -2.07. The van der Waals surface area contributed by atoms with E-state index < -0.39 is 0 Å². The van der Waals surface area contributed by atoms with Crippen LogP contribution in [0.25, 0.3) is 17.5 Å². The van der Waals surface area contributed by atoms with Crippen molar-refractivity contribution in [1.29, 1.82) is 0 Å². The van der Waals surface area contributed by atoms with Gasteiger partial charge in [-0.1, -0.05) is 57.9 Å². The van der Waals surface area contributed by atoms with Crippen molar-refractivity contribution in [2.24, 2.45) is 5.92 Å². The molecule has 0 saturated heterocycles. The smallest absolute Gasteiger partial charge is 0.330 e. The third kappa shape index (κ3) is 6.14. The van der Waals surface area contributed by atoms with Crippen LogP contribution in [0.1, 0.15) is 44.7 Å². The number of ether oxygens (including phenoxy) is 1. The number of aromatic nitrogens is 2. The van der Waals surface area contributed by atoms with E-state index in [9.17, 15) is 4.79 Å². The minimum atomic E-state index is -0.306. The first-order valence-corrected chi connectivity index (χ1v) is 8.88. The number of esters is 1. The van der Waals surface area contributed by atoms with Crippen molar-refractivity contribution in [3.05, 3.63) is 53.9 Å². The number of aryl methyl sites for hydroxylation is 1. The predicted molar refractivity (Wildman–Crippen MR) is 101 cm³/mol. The van der Waals surface area contributed by atoms with Gasteiger partial charge in [-0.25, -0.2) is 14.8 Å². The van der Waals surface area contributed by atoms with Crippen molar-refractivity contribution in [3.63, 3.8) is 0 Å². The van der Waals surface area contributed by atoms with E-state index in [0.29, 0.717) is 18.3 Å². The van der Waals surface area contributed by atoms with Crippen LogP contribution >= 0.6 is 0 Å². The molecule has 0 N–H and O–H groups in total. The molecule has 0 saturated carbocycles. The lowest BCUT2D eigenvalue weighted by atomic mass is 10.1. The Bertz CT molecular complexity index is 691. The lowest BCUT2D eigenvalue weighted by molar-refractivity contribution is -0.138. The zero-order valence-electron chi connectivity index (χ0n) is 15.2. The molecule has 0 aliphatic carbocycles. The van der Waals surface area contributed by atoms with Crippen LogP contribution in [0.5, 0.6) is 0 Å². The third-order valence-corrected chi connectivity index (χ3v) is 4.03. The summed E-state index contributed by atoms with van der Waals surface area (Å²) in [5.74, 6) is 0.794. The molecule has 1 atom stereocenters. The van der Waals surface area contributed by atoms with Crippen molar-refractivity contribution in [2.45, 2.75) is 40.0 Å². The van der Waals surface area contributed by atoms with Crippen molar-refractivity contribution in [3.8, 4) is 11.4 Å². The van der Waals surface area contributed by atoms with Gasteiger partial charge in [0.25, 0.3) is 0 Å². The summed E-state index contributed by atoms with van der Waals surface area (Å²) < 4.78 is 5.19. The molecular weight excluding hydrogens is 312 g/mol. The van der Waals surface area contributed by atoms with Crippen molar-refractivity contribution < 1.29 is 9.53 Å². The van der Waals surface area contributed by atoms with Gasteiger partial charge in [-0.3, -0.25) is 0 Å². The van der Waals surface area contributed by atoms with Crippen LogP contribution in [0.2, 0.25) is 0 Å². The average Bonchev–Trinajstić information content (AvgIpc) is 2.65. The normalized spacial score (nSPS) is 12.3. The number of rotatable bonds is 8. The maximum Gasteiger partial charge on any atom is 0.330 e. The van der Waals surface area contributed by atoms with E-state index in [1.165, 1.54) is 6.08 Å². The molecule has 1 aromatic carbocycles. The Morgan fingerprint density at radius 1 is 1.16 bits per heavy atom. The molecule has 0 fully saturated rings. The van der Waals surface area contributed by atoms with Gasteiger partial charge in [0.2, 0.25) is 0 Å². The summed E-state index contributed by atoms with van der Waals surface area (Å²) in [6.07, 6.45) is 10.1. The van der Waals surface area contributed by atoms with Gasteiger partial charge in [0.05, 0.1) is 6.61 Å². The van der Waals surface area contributed by atoms with Gasteiger partial charge in [-0.2, -0.15) is 0 Å². The van der Waals surface area contributed by atoms with E-state index in [-0.39, 0.29) is 5.97 Å². The van der Waals surface area contributed by atoms with Gasteiger partial charge in [0.1, 0.15) is 0 Å². The Morgan fingerprint density at radius 2 is 1.84 bits per heavy atom. The number of hydrogen-bond donors (Lipinski definition) is 0. The fourth-order valence-corrected chi connectivity index (χ4v) is 2.22. The molecule has 2 aromatic rings. The fraction of sp³-hybridized carbons (Fsp3) is 0.381. The van der Waals surface area contributed by atoms with Crippen molar-refractivity contribution in [1.82, 2.24) is 9.97 Å². The van der Waals surface area contributed by atoms with Crippen molar-refractivity contribution in [2.75, 3.05) is 6.61 Å². The summed E-state index contributed by atoms with van der Waals surface area (Å²) in [7, 11) is 0. The first-order chi connectivity index (χ1) is 12.1. The largest absolute Gasteiger partial charge is 0.462 e. The highest BCUT2D eigenvalue weighted by atomic mass is 16.5. The highest BCUT2D eigenvalue weighted by Crippen LogP contribution is 2.16. The Hall–Kier alpha value is -2.49. The number of hydrogen-bond acceptors (Lipinski definition) is 4. The van der Waals surface area contributed by atoms with Crippen LogP contribution in [-0.2, 0) is 16.0 Å². The van der Waals surface area contributed by atoms with Gasteiger partial charge in [0, 0.05) is 24.0 Å². The topological polar surface area (TPSA) is 52.1 Å². The second-order valence-corrected chi connectivity index (χ2v) is 6.26. The zero-order chi connectivity index (χ0) is 18.1. The Labute approximate surface area is 150 Å². The molecule has 25 heavy (non-hydrogen) atoms. The molecule has 0 unspecified atom stereocenters. The molecule has 0 bridgehead atoms. The third-order valence-electron chi connectivity index (χ3n) is 4.03. The molecule has 0 aliphatic rings. The summed E-state index contributed by atoms with van der Waals surface area (Å²) in [6.45, 7) is 6.74. The average molecular weight is 338 g/mol. The van der Waals surface area contributed by atoms with Crippen LogP contribution in [-0.4, -0.2) is 22.5 Å². The molecule has 4 nitrogen and oxygen atoms in total.